The van der Waals surface area contributed by atoms with Gasteiger partial charge in [0.25, 0.3) is 0 Å². The summed E-state index contributed by atoms with van der Waals surface area (Å²) < 4.78 is 10.6. The molecule has 1 aromatic carbocycles. The van der Waals surface area contributed by atoms with Crippen molar-refractivity contribution in [1.29, 1.82) is 0 Å². The number of ether oxygens (including phenoxy) is 2. The highest BCUT2D eigenvalue weighted by Crippen LogP contribution is 2.33. The van der Waals surface area contributed by atoms with Gasteiger partial charge < -0.3 is 20.0 Å². The number of hydrogen-bond donors (Lipinski definition) is 2. The van der Waals surface area contributed by atoms with E-state index in [0.29, 0.717) is 17.2 Å². The van der Waals surface area contributed by atoms with Gasteiger partial charge in [0.05, 0.1) is 5.71 Å². The molecule has 0 aromatic heterocycles. The second-order valence-electron chi connectivity index (χ2n) is 4.73. The Balaban J connectivity index is 2.44. The molecule has 19 heavy (non-hydrogen) atoms. The van der Waals surface area contributed by atoms with Crippen molar-refractivity contribution in [1.82, 2.24) is 5.43 Å². The molecule has 104 valence electrons. The molecule has 1 atom stereocenters. The molecule has 1 unspecified atom stereocenters. The predicted molar refractivity (Wildman–Crippen MR) is 73.7 cm³/mol. The quantitative estimate of drug-likeness (QED) is 0.817. The van der Waals surface area contributed by atoms with Crippen LogP contribution in [0.1, 0.15) is 24.5 Å². The lowest BCUT2D eigenvalue weighted by molar-refractivity contribution is 0.0503. The Morgan fingerprint density at radius 3 is 2.95 bits per heavy atom. The molecule has 0 bridgehead atoms. The molecule has 0 fully saturated rings. The van der Waals surface area contributed by atoms with Crippen LogP contribution in [0.2, 0.25) is 0 Å². The first kappa shape index (κ1) is 13.7. The van der Waals surface area contributed by atoms with Gasteiger partial charge in [0, 0.05) is 30.7 Å². The van der Waals surface area contributed by atoms with Gasteiger partial charge in [0.1, 0.15) is 11.5 Å². The number of hydrogen-bond acceptors (Lipinski definition) is 5. The summed E-state index contributed by atoms with van der Waals surface area (Å²) >= 11 is 0. The first-order valence-electron chi connectivity index (χ1n) is 6.40. The Morgan fingerprint density at radius 1 is 1.47 bits per heavy atom. The lowest BCUT2D eigenvalue weighted by Gasteiger charge is -2.23. The Kier molecular flexibility index (Phi) is 4.27. The monoisotopic (exact) mass is 264 g/mol. The van der Waals surface area contributed by atoms with E-state index in [4.69, 9.17) is 9.47 Å². The molecule has 0 aliphatic carbocycles. The standard InChI is InChI=1S/C14H20N2O3/c1-9-6-7-15-16-13(9)11-4-5-12(17)10(2)14(11)19-8-18-3/h4-5,9,15,17H,6-8H2,1-3H3. The van der Waals surface area contributed by atoms with Crippen LogP contribution in [0, 0.1) is 12.8 Å². The molecule has 0 saturated carbocycles. The van der Waals surface area contributed by atoms with Crippen molar-refractivity contribution in [2.24, 2.45) is 11.0 Å². The highest BCUT2D eigenvalue weighted by Gasteiger charge is 2.22. The lowest BCUT2D eigenvalue weighted by atomic mass is 9.92. The topological polar surface area (TPSA) is 63.1 Å². The van der Waals surface area contributed by atoms with Crippen LogP contribution in [0.5, 0.6) is 11.5 Å². The Hall–Kier alpha value is -1.75. The molecule has 1 aliphatic rings. The molecule has 5 nitrogen and oxygen atoms in total. The number of aromatic hydroxyl groups is 1. The van der Waals surface area contributed by atoms with Gasteiger partial charge in [-0.2, -0.15) is 5.10 Å². The third-order valence-corrected chi connectivity index (χ3v) is 3.33. The zero-order chi connectivity index (χ0) is 13.8. The van der Waals surface area contributed by atoms with Gasteiger partial charge in [-0.05, 0) is 25.5 Å². The number of phenolic OH excluding ortho intramolecular Hbond substituents is 1. The van der Waals surface area contributed by atoms with Crippen LogP contribution >= 0.6 is 0 Å². The molecule has 0 radical (unpaired) electrons. The summed E-state index contributed by atoms with van der Waals surface area (Å²) in [5, 5.41) is 14.2. The van der Waals surface area contributed by atoms with Crippen molar-refractivity contribution in [3.8, 4) is 11.5 Å². The van der Waals surface area contributed by atoms with Gasteiger partial charge in [-0.3, -0.25) is 0 Å². The van der Waals surface area contributed by atoms with Crippen molar-refractivity contribution in [2.45, 2.75) is 20.3 Å². The van der Waals surface area contributed by atoms with Gasteiger partial charge >= 0.3 is 0 Å². The van der Waals surface area contributed by atoms with E-state index in [1.807, 2.05) is 13.0 Å². The summed E-state index contributed by atoms with van der Waals surface area (Å²) in [5.41, 5.74) is 5.59. The van der Waals surface area contributed by atoms with Gasteiger partial charge in [0.2, 0.25) is 0 Å². The number of phenols is 1. The second-order valence-corrected chi connectivity index (χ2v) is 4.73. The summed E-state index contributed by atoms with van der Waals surface area (Å²) in [4.78, 5) is 0. The third kappa shape index (κ3) is 2.81. The predicted octanol–water partition coefficient (Wildman–Crippen LogP) is 2.02. The minimum absolute atomic E-state index is 0.145. The van der Waals surface area contributed by atoms with Gasteiger partial charge in [0.15, 0.2) is 6.79 Å². The van der Waals surface area contributed by atoms with E-state index in [2.05, 4.69) is 17.5 Å². The van der Waals surface area contributed by atoms with E-state index in [0.717, 1.165) is 24.2 Å². The molecular formula is C14H20N2O3. The number of methoxy groups -OCH3 is 1. The summed E-state index contributed by atoms with van der Waals surface area (Å²) in [7, 11) is 1.57. The van der Waals surface area contributed by atoms with Crippen molar-refractivity contribution in [3.05, 3.63) is 23.3 Å². The smallest absolute Gasteiger partial charge is 0.188 e. The molecule has 1 aromatic rings. The van der Waals surface area contributed by atoms with Crippen molar-refractivity contribution >= 4 is 5.71 Å². The highest BCUT2D eigenvalue weighted by molar-refractivity contribution is 6.05. The molecule has 0 saturated heterocycles. The van der Waals surface area contributed by atoms with Crippen LogP contribution in [0.4, 0.5) is 0 Å². The zero-order valence-corrected chi connectivity index (χ0v) is 11.6. The van der Waals surface area contributed by atoms with Crippen molar-refractivity contribution < 1.29 is 14.6 Å². The molecule has 0 spiro atoms. The van der Waals surface area contributed by atoms with E-state index >= 15 is 0 Å². The van der Waals surface area contributed by atoms with Crippen LogP contribution in [-0.4, -0.2) is 31.3 Å². The Bertz CT molecular complexity index is 486. The summed E-state index contributed by atoms with van der Waals surface area (Å²) in [6, 6.07) is 3.52. The summed E-state index contributed by atoms with van der Waals surface area (Å²) in [6.07, 6.45) is 1.03. The molecule has 5 heteroatoms. The largest absolute Gasteiger partial charge is 0.508 e. The number of benzene rings is 1. The van der Waals surface area contributed by atoms with Crippen LogP contribution in [0.3, 0.4) is 0 Å². The molecule has 2 rings (SSSR count). The van der Waals surface area contributed by atoms with E-state index in [1.54, 1.807) is 13.2 Å². The van der Waals surface area contributed by atoms with Crippen LogP contribution in [-0.2, 0) is 4.74 Å². The van der Waals surface area contributed by atoms with Crippen molar-refractivity contribution in [2.75, 3.05) is 20.4 Å². The number of rotatable bonds is 4. The average Bonchev–Trinajstić information content (AvgIpc) is 2.41. The third-order valence-electron chi connectivity index (χ3n) is 3.33. The summed E-state index contributed by atoms with van der Waals surface area (Å²) in [6.45, 7) is 5.00. The van der Waals surface area contributed by atoms with Crippen LogP contribution in [0.15, 0.2) is 17.2 Å². The Morgan fingerprint density at radius 2 is 2.26 bits per heavy atom. The normalized spacial score (nSPS) is 18.7. The molecule has 0 amide bonds. The molecule has 1 aliphatic heterocycles. The fourth-order valence-electron chi connectivity index (χ4n) is 2.18. The van der Waals surface area contributed by atoms with Crippen LogP contribution in [0.25, 0.3) is 0 Å². The Labute approximate surface area is 113 Å². The van der Waals surface area contributed by atoms with E-state index < -0.39 is 0 Å². The zero-order valence-electron chi connectivity index (χ0n) is 11.6. The maximum absolute atomic E-state index is 9.81. The minimum Gasteiger partial charge on any atom is -0.508 e. The number of nitrogens with zero attached hydrogens (tertiary/aromatic N) is 1. The van der Waals surface area contributed by atoms with Gasteiger partial charge in [-0.25, -0.2) is 0 Å². The molecule has 1 heterocycles. The van der Waals surface area contributed by atoms with E-state index in [-0.39, 0.29) is 12.5 Å². The fourth-order valence-corrected chi connectivity index (χ4v) is 2.18. The maximum atomic E-state index is 9.81. The van der Waals surface area contributed by atoms with Crippen LogP contribution < -0.4 is 10.2 Å². The first-order chi connectivity index (χ1) is 9.15. The maximum Gasteiger partial charge on any atom is 0.188 e. The SMILES string of the molecule is COCOc1c(C2=NNCCC2C)ccc(O)c1C. The van der Waals surface area contributed by atoms with E-state index in [9.17, 15) is 5.11 Å². The molecular weight excluding hydrogens is 244 g/mol. The fraction of sp³-hybridized carbons (Fsp3) is 0.500. The number of hydrazone groups is 1. The minimum atomic E-state index is 0.145. The lowest BCUT2D eigenvalue weighted by Crippen LogP contribution is -2.27. The number of nitrogens with one attached hydrogen (secondary N) is 1. The van der Waals surface area contributed by atoms with Gasteiger partial charge in [-0.1, -0.05) is 6.92 Å². The average molecular weight is 264 g/mol. The van der Waals surface area contributed by atoms with E-state index in [1.165, 1.54) is 0 Å². The first-order valence-corrected chi connectivity index (χ1v) is 6.40. The summed E-state index contributed by atoms with van der Waals surface area (Å²) in [5.74, 6) is 1.21. The molecule has 2 N–H and O–H groups in total. The highest BCUT2D eigenvalue weighted by atomic mass is 16.7. The van der Waals surface area contributed by atoms with Crippen molar-refractivity contribution in [3.63, 3.8) is 0 Å². The second kappa shape index (κ2) is 5.93. The van der Waals surface area contributed by atoms with Gasteiger partial charge in [-0.15, -0.1) is 0 Å².